The van der Waals surface area contributed by atoms with Crippen LogP contribution in [-0.2, 0) is 30.3 Å². The van der Waals surface area contributed by atoms with Crippen LogP contribution in [0.4, 0.5) is 29.2 Å². The van der Waals surface area contributed by atoms with Gasteiger partial charge in [0.15, 0.2) is 0 Å². The Morgan fingerprint density at radius 1 is 0.591 bits per heavy atom. The number of phenolic OH excluding ortho intramolecular Hbond substituents is 1. The standard InChI is InChI=1S/C26H22N6O9S3/c1-15-22-12-11-21(14-16(22)2-13-23(15)33)42(34,35)32-26-30-24(27-17-3-7-19(8-4-17)43(36,37)38)29-25(31-26)28-18-5-9-20(10-6-18)44(39,40)41/h2-14,33H,1H3,(H,36,37,38)(H,39,40,41)(H3,27,28,29,30,31,32). The third-order valence-corrected chi connectivity index (χ3v) is 9.28. The van der Waals surface area contributed by atoms with Crippen LogP contribution in [0.3, 0.4) is 0 Å². The van der Waals surface area contributed by atoms with Crippen LogP contribution in [0.1, 0.15) is 5.56 Å². The molecule has 1 heterocycles. The SMILES string of the molecule is Cc1c(O)ccc2cc(S(=O)(=O)Nc3nc(Nc4ccc(S(=O)(=O)O)cc4)nc(Nc4ccc(S(=O)(=O)O)cc4)n3)ccc12. The van der Waals surface area contributed by atoms with Gasteiger partial charge in [-0.15, -0.1) is 0 Å². The molecule has 0 saturated carbocycles. The molecule has 15 nitrogen and oxygen atoms in total. The summed E-state index contributed by atoms with van der Waals surface area (Å²) < 4.78 is 92.9. The maximum absolute atomic E-state index is 13.3. The summed E-state index contributed by atoms with van der Waals surface area (Å²) in [5.41, 5.74) is 1.13. The van der Waals surface area contributed by atoms with Crippen molar-refractivity contribution in [3.05, 3.63) is 84.4 Å². The maximum Gasteiger partial charge on any atom is 0.294 e. The number of hydrogen-bond acceptors (Lipinski definition) is 12. The summed E-state index contributed by atoms with van der Waals surface area (Å²) in [7, 11) is -13.1. The second-order valence-electron chi connectivity index (χ2n) is 9.25. The number of aromatic nitrogens is 3. The van der Waals surface area contributed by atoms with Crippen molar-refractivity contribution in [2.45, 2.75) is 21.6 Å². The zero-order valence-corrected chi connectivity index (χ0v) is 24.8. The molecule has 0 aliphatic rings. The highest BCUT2D eigenvalue weighted by atomic mass is 32.2. The first kappa shape index (κ1) is 30.6. The van der Waals surface area contributed by atoms with Crippen LogP contribution in [-0.4, -0.2) is 54.4 Å². The molecule has 0 saturated heterocycles. The first-order valence-electron chi connectivity index (χ1n) is 12.3. The Labute approximate surface area is 251 Å². The molecule has 0 aliphatic heterocycles. The summed E-state index contributed by atoms with van der Waals surface area (Å²) >= 11 is 0. The molecule has 0 aliphatic carbocycles. The Kier molecular flexibility index (Phi) is 7.87. The average molecular weight is 659 g/mol. The van der Waals surface area contributed by atoms with E-state index in [2.05, 4.69) is 30.3 Å². The van der Waals surface area contributed by atoms with Crippen molar-refractivity contribution in [3.63, 3.8) is 0 Å². The second-order valence-corrected chi connectivity index (χ2v) is 13.8. The molecule has 5 rings (SSSR count). The quantitative estimate of drug-likeness (QED) is 0.124. The fourth-order valence-electron chi connectivity index (χ4n) is 4.01. The van der Waals surface area contributed by atoms with Gasteiger partial charge in [0.25, 0.3) is 30.3 Å². The van der Waals surface area contributed by atoms with Crippen LogP contribution >= 0.6 is 0 Å². The number of rotatable bonds is 9. The van der Waals surface area contributed by atoms with E-state index in [-0.39, 0.29) is 43.7 Å². The number of fused-ring (bicyclic) bond motifs is 1. The molecule has 18 heteroatoms. The lowest BCUT2D eigenvalue weighted by Crippen LogP contribution is -2.17. The van der Waals surface area contributed by atoms with Crippen LogP contribution in [0, 0.1) is 6.92 Å². The summed E-state index contributed by atoms with van der Waals surface area (Å²) in [6.45, 7) is 1.70. The lowest BCUT2D eigenvalue weighted by atomic mass is 10.1. The van der Waals surface area contributed by atoms with Gasteiger partial charge in [0, 0.05) is 11.4 Å². The minimum absolute atomic E-state index is 0.0664. The van der Waals surface area contributed by atoms with Gasteiger partial charge in [-0.2, -0.15) is 31.8 Å². The summed E-state index contributed by atoms with van der Waals surface area (Å²) in [6, 6.07) is 17.1. The molecule has 0 atom stereocenters. The van der Waals surface area contributed by atoms with Gasteiger partial charge in [-0.05, 0) is 90.0 Å². The van der Waals surface area contributed by atoms with Gasteiger partial charge < -0.3 is 15.7 Å². The first-order chi connectivity index (χ1) is 20.6. The second kappa shape index (κ2) is 11.3. The van der Waals surface area contributed by atoms with Crippen molar-refractivity contribution in [2.24, 2.45) is 0 Å². The van der Waals surface area contributed by atoms with Crippen molar-refractivity contribution < 1.29 is 39.5 Å². The van der Waals surface area contributed by atoms with Crippen molar-refractivity contribution in [1.29, 1.82) is 0 Å². The number of anilines is 5. The van der Waals surface area contributed by atoms with E-state index < -0.39 is 36.2 Å². The van der Waals surface area contributed by atoms with Gasteiger partial charge in [0.2, 0.25) is 17.8 Å². The van der Waals surface area contributed by atoms with Gasteiger partial charge in [-0.3, -0.25) is 9.11 Å². The molecule has 4 aromatic carbocycles. The normalized spacial score (nSPS) is 12.2. The zero-order valence-electron chi connectivity index (χ0n) is 22.4. The van der Waals surface area contributed by atoms with Gasteiger partial charge in [0.1, 0.15) is 5.75 Å². The highest BCUT2D eigenvalue weighted by molar-refractivity contribution is 7.92. The highest BCUT2D eigenvalue weighted by Crippen LogP contribution is 2.29. The predicted molar refractivity (Wildman–Crippen MR) is 160 cm³/mol. The van der Waals surface area contributed by atoms with E-state index in [1.807, 2.05) is 0 Å². The van der Waals surface area contributed by atoms with Crippen molar-refractivity contribution in [2.75, 3.05) is 15.4 Å². The van der Waals surface area contributed by atoms with E-state index in [9.17, 15) is 39.5 Å². The summed E-state index contributed by atoms with van der Waals surface area (Å²) in [4.78, 5) is 11.6. The van der Waals surface area contributed by atoms with Crippen molar-refractivity contribution >= 4 is 70.3 Å². The average Bonchev–Trinajstić information content (AvgIpc) is 2.94. The van der Waals surface area contributed by atoms with Crippen LogP contribution in [0.15, 0.2) is 93.5 Å². The zero-order chi connectivity index (χ0) is 31.9. The molecule has 0 bridgehead atoms. The summed E-state index contributed by atoms with van der Waals surface area (Å²) in [5.74, 6) is -0.717. The molecule has 0 spiro atoms. The smallest absolute Gasteiger partial charge is 0.294 e. The molecule has 0 unspecified atom stereocenters. The van der Waals surface area contributed by atoms with Crippen LogP contribution in [0.25, 0.3) is 10.8 Å². The molecule has 0 amide bonds. The van der Waals surface area contributed by atoms with E-state index in [0.717, 1.165) is 24.3 Å². The van der Waals surface area contributed by atoms with Crippen LogP contribution in [0.2, 0.25) is 0 Å². The van der Waals surface area contributed by atoms with Crippen molar-refractivity contribution in [3.8, 4) is 5.75 Å². The van der Waals surface area contributed by atoms with E-state index in [0.29, 0.717) is 16.3 Å². The van der Waals surface area contributed by atoms with Crippen LogP contribution < -0.4 is 15.4 Å². The molecule has 0 radical (unpaired) electrons. The topological polar surface area (TPSA) is 238 Å². The molecule has 44 heavy (non-hydrogen) atoms. The van der Waals surface area contributed by atoms with Crippen LogP contribution in [0.5, 0.6) is 5.75 Å². The van der Waals surface area contributed by atoms with Gasteiger partial charge in [0.05, 0.1) is 14.7 Å². The summed E-state index contributed by atoms with van der Waals surface area (Å²) in [5, 5.41) is 16.8. The minimum Gasteiger partial charge on any atom is -0.508 e. The number of aromatic hydroxyl groups is 1. The fraction of sp³-hybridized carbons (Fsp3) is 0.0385. The van der Waals surface area contributed by atoms with Gasteiger partial charge in [-0.1, -0.05) is 12.1 Å². The first-order valence-corrected chi connectivity index (χ1v) is 16.7. The fourth-order valence-corrected chi connectivity index (χ4v) is 5.95. The number of aryl methyl sites for hydroxylation is 1. The maximum atomic E-state index is 13.3. The van der Waals surface area contributed by atoms with E-state index in [1.54, 1.807) is 19.1 Å². The van der Waals surface area contributed by atoms with E-state index >= 15 is 0 Å². The minimum atomic E-state index is -4.44. The number of sulfonamides is 1. The number of nitrogens with zero attached hydrogens (tertiary/aromatic N) is 3. The summed E-state index contributed by atoms with van der Waals surface area (Å²) in [6.07, 6.45) is 0. The molecular formula is C26H22N6O9S3. The van der Waals surface area contributed by atoms with Gasteiger partial charge >= 0.3 is 0 Å². The molecule has 6 N–H and O–H groups in total. The largest absolute Gasteiger partial charge is 0.508 e. The molecule has 1 aromatic heterocycles. The molecule has 228 valence electrons. The lowest BCUT2D eigenvalue weighted by Gasteiger charge is -2.13. The van der Waals surface area contributed by atoms with Crippen molar-refractivity contribution in [1.82, 2.24) is 15.0 Å². The molecule has 0 fully saturated rings. The Hall–Kier alpha value is -4.88. The number of hydrogen-bond donors (Lipinski definition) is 6. The number of phenols is 1. The Bertz CT molecular complexity index is 2130. The van der Waals surface area contributed by atoms with E-state index in [4.69, 9.17) is 0 Å². The number of benzene rings is 4. The Morgan fingerprint density at radius 2 is 1.05 bits per heavy atom. The Morgan fingerprint density at radius 3 is 1.52 bits per heavy atom. The predicted octanol–water partition coefficient (Wildman–Crippen LogP) is 3.82. The molecule has 5 aromatic rings. The Balaban J connectivity index is 1.50. The van der Waals surface area contributed by atoms with Gasteiger partial charge in [-0.25, -0.2) is 13.1 Å². The third-order valence-electron chi connectivity index (χ3n) is 6.22. The molecular weight excluding hydrogens is 637 g/mol. The lowest BCUT2D eigenvalue weighted by molar-refractivity contribution is 0.472. The third kappa shape index (κ3) is 6.84. The monoisotopic (exact) mass is 658 g/mol. The van der Waals surface area contributed by atoms with E-state index in [1.165, 1.54) is 42.5 Å². The number of nitrogens with one attached hydrogen (secondary N) is 3. The highest BCUT2D eigenvalue weighted by Gasteiger charge is 2.19.